The van der Waals surface area contributed by atoms with Gasteiger partial charge in [0.05, 0.1) is 0 Å². The van der Waals surface area contributed by atoms with Gasteiger partial charge >= 0.3 is 0 Å². The van der Waals surface area contributed by atoms with Crippen molar-refractivity contribution < 1.29 is 9.72 Å². The molecule has 0 aromatic rings. The predicted octanol–water partition coefficient (Wildman–Crippen LogP) is 0.479. The van der Waals surface area contributed by atoms with Gasteiger partial charge in [0.2, 0.25) is 6.04 Å². The van der Waals surface area contributed by atoms with Crippen molar-refractivity contribution in [2.24, 2.45) is 5.18 Å². The van der Waals surface area contributed by atoms with E-state index < -0.39 is 22.9 Å². The maximum Gasteiger partial charge on any atom is 0.252 e. The summed E-state index contributed by atoms with van der Waals surface area (Å²) in [4.78, 5) is 31.1. The predicted molar refractivity (Wildman–Crippen MR) is 53.9 cm³/mol. The lowest BCUT2D eigenvalue weighted by atomic mass is 10.2. The van der Waals surface area contributed by atoms with Crippen LogP contribution in [0.15, 0.2) is 17.3 Å². The van der Waals surface area contributed by atoms with E-state index in [-0.39, 0.29) is 0 Å². The Labute approximate surface area is 86.7 Å². The first-order valence-corrected chi connectivity index (χ1v) is 4.44. The number of nitroso groups, excluding NO2 is 1. The lowest BCUT2D eigenvalue weighted by Crippen LogP contribution is -2.32. The molecule has 0 heterocycles. The summed E-state index contributed by atoms with van der Waals surface area (Å²) in [5, 5.41) is 15.2. The highest BCUT2D eigenvalue weighted by molar-refractivity contribution is 5.83. The lowest BCUT2D eigenvalue weighted by molar-refractivity contribution is -0.504. The Morgan fingerprint density at radius 3 is 2.60 bits per heavy atom. The van der Waals surface area contributed by atoms with E-state index in [1.165, 1.54) is 13.0 Å². The van der Waals surface area contributed by atoms with Crippen LogP contribution in [0, 0.1) is 15.0 Å². The molecule has 0 bridgehead atoms. The third-order valence-corrected chi connectivity index (χ3v) is 1.64. The van der Waals surface area contributed by atoms with Crippen LogP contribution in [0.3, 0.4) is 0 Å². The minimum Gasteiger partial charge on any atom is -0.354 e. The summed E-state index contributed by atoms with van der Waals surface area (Å²) in [6.45, 7) is 3.42. The van der Waals surface area contributed by atoms with Crippen molar-refractivity contribution in [1.29, 1.82) is 0 Å². The molecular weight excluding hydrogens is 202 g/mol. The van der Waals surface area contributed by atoms with Crippen LogP contribution in [0.2, 0.25) is 0 Å². The molecule has 0 saturated carbocycles. The molecule has 0 rings (SSSR count). The first kappa shape index (κ1) is 13.2. The molecule has 2 atom stereocenters. The van der Waals surface area contributed by atoms with Crippen LogP contribution in [0.5, 0.6) is 0 Å². The molecule has 0 fully saturated rings. The molecule has 7 heteroatoms. The number of carbonyl (C=O) groups is 1. The van der Waals surface area contributed by atoms with E-state index in [4.69, 9.17) is 0 Å². The van der Waals surface area contributed by atoms with Crippen molar-refractivity contribution in [2.45, 2.75) is 25.9 Å². The molecule has 0 radical (unpaired) electrons. The normalized spacial score (nSPS) is 14.5. The highest BCUT2D eigenvalue weighted by atomic mass is 16.6. The van der Waals surface area contributed by atoms with Crippen LogP contribution in [0.1, 0.15) is 13.8 Å². The maximum absolute atomic E-state index is 11.1. The van der Waals surface area contributed by atoms with Crippen molar-refractivity contribution in [2.75, 3.05) is 6.54 Å². The Bertz CT molecular complexity index is 277. The van der Waals surface area contributed by atoms with Crippen LogP contribution >= 0.6 is 0 Å². The minimum absolute atomic E-state index is 0.378. The molecule has 0 aliphatic rings. The molecule has 84 valence electrons. The fourth-order valence-electron chi connectivity index (χ4n) is 0.786. The van der Waals surface area contributed by atoms with Gasteiger partial charge in [0.15, 0.2) is 6.04 Å². The number of rotatable bonds is 6. The Morgan fingerprint density at radius 1 is 1.60 bits per heavy atom. The van der Waals surface area contributed by atoms with Crippen LogP contribution < -0.4 is 5.32 Å². The number of nitro groups is 1. The number of nitrogens with one attached hydrogen (secondary N) is 1. The van der Waals surface area contributed by atoms with Gasteiger partial charge in [0.25, 0.3) is 5.91 Å². The molecular formula is C8H13N3O4. The summed E-state index contributed by atoms with van der Waals surface area (Å²) in [6.07, 6.45) is 2.30. The topological polar surface area (TPSA) is 102 Å². The number of hydrogen-bond donors (Lipinski definition) is 1. The van der Waals surface area contributed by atoms with Gasteiger partial charge in [0.1, 0.15) is 0 Å². The van der Waals surface area contributed by atoms with Crippen molar-refractivity contribution in [3.8, 4) is 0 Å². The summed E-state index contributed by atoms with van der Waals surface area (Å²) in [6, 6.07) is -2.14. The number of amides is 1. The van der Waals surface area contributed by atoms with Crippen molar-refractivity contribution in [1.82, 2.24) is 5.32 Å². The third kappa shape index (κ3) is 4.84. The SMILES string of the molecule is CCNC(=O)C(C=CC(C)[N+](=O)[O-])N=O. The molecule has 0 aromatic carbocycles. The fourth-order valence-corrected chi connectivity index (χ4v) is 0.786. The van der Waals surface area contributed by atoms with Crippen molar-refractivity contribution in [3.05, 3.63) is 27.2 Å². The van der Waals surface area contributed by atoms with Gasteiger partial charge in [-0.1, -0.05) is 5.18 Å². The Hall–Kier alpha value is -1.79. The highest BCUT2D eigenvalue weighted by Gasteiger charge is 2.16. The van der Waals surface area contributed by atoms with E-state index >= 15 is 0 Å². The minimum atomic E-state index is -1.20. The third-order valence-electron chi connectivity index (χ3n) is 1.64. The molecule has 0 spiro atoms. The molecule has 1 N–H and O–H groups in total. The van der Waals surface area contributed by atoms with Gasteiger partial charge in [-0.2, -0.15) is 0 Å². The summed E-state index contributed by atoms with van der Waals surface area (Å²) < 4.78 is 0. The average molecular weight is 215 g/mol. The van der Waals surface area contributed by atoms with Gasteiger partial charge in [-0.3, -0.25) is 14.9 Å². The second-order valence-corrected chi connectivity index (χ2v) is 2.86. The lowest BCUT2D eigenvalue weighted by Gasteiger charge is -2.03. The summed E-state index contributed by atoms with van der Waals surface area (Å²) >= 11 is 0. The van der Waals surface area contributed by atoms with E-state index in [2.05, 4.69) is 10.5 Å². The molecule has 15 heavy (non-hydrogen) atoms. The van der Waals surface area contributed by atoms with Gasteiger partial charge in [0, 0.05) is 18.4 Å². The molecule has 1 amide bonds. The van der Waals surface area contributed by atoms with Crippen LogP contribution in [0.25, 0.3) is 0 Å². The highest BCUT2D eigenvalue weighted by Crippen LogP contribution is 1.97. The maximum atomic E-state index is 11.1. The van der Waals surface area contributed by atoms with Crippen LogP contribution in [-0.4, -0.2) is 29.5 Å². The second kappa shape index (κ2) is 6.63. The van der Waals surface area contributed by atoms with Crippen molar-refractivity contribution >= 4 is 5.91 Å². The molecule has 0 aromatic heterocycles. The monoisotopic (exact) mass is 215 g/mol. The van der Waals surface area contributed by atoms with Gasteiger partial charge < -0.3 is 5.32 Å². The number of hydrogen-bond acceptors (Lipinski definition) is 5. The quantitative estimate of drug-likeness (QED) is 0.301. The second-order valence-electron chi connectivity index (χ2n) is 2.86. The molecule has 2 unspecified atom stereocenters. The zero-order valence-corrected chi connectivity index (χ0v) is 8.54. The number of carbonyl (C=O) groups excluding carboxylic acids is 1. The average Bonchev–Trinajstić information content (AvgIpc) is 2.18. The Morgan fingerprint density at radius 2 is 2.20 bits per heavy atom. The standard InChI is InChI=1S/C8H13N3O4/c1-3-9-8(12)7(10-13)5-4-6(2)11(14)15/h4-7H,3H2,1-2H3,(H,9,12). The molecule has 0 aliphatic heterocycles. The van der Waals surface area contributed by atoms with E-state index in [1.807, 2.05) is 0 Å². The van der Waals surface area contributed by atoms with Crippen molar-refractivity contribution in [3.63, 3.8) is 0 Å². The van der Waals surface area contributed by atoms with Crippen LogP contribution in [-0.2, 0) is 4.79 Å². The number of likely N-dealkylation sites (N-methyl/N-ethyl adjacent to an activating group) is 1. The zero-order valence-electron chi connectivity index (χ0n) is 8.54. The first-order valence-electron chi connectivity index (χ1n) is 4.44. The Kier molecular flexibility index (Phi) is 5.84. The largest absolute Gasteiger partial charge is 0.354 e. The van der Waals surface area contributed by atoms with E-state index in [9.17, 15) is 19.8 Å². The Balaban J connectivity index is 4.38. The van der Waals surface area contributed by atoms with Crippen LogP contribution in [0.4, 0.5) is 0 Å². The van der Waals surface area contributed by atoms with E-state index in [0.29, 0.717) is 6.54 Å². The van der Waals surface area contributed by atoms with Gasteiger partial charge in [-0.15, -0.1) is 4.91 Å². The fraction of sp³-hybridized carbons (Fsp3) is 0.625. The van der Waals surface area contributed by atoms with Gasteiger partial charge in [-0.25, -0.2) is 0 Å². The molecule has 7 nitrogen and oxygen atoms in total. The molecule has 0 aliphatic carbocycles. The molecule has 0 saturated heterocycles. The van der Waals surface area contributed by atoms with E-state index in [0.717, 1.165) is 6.08 Å². The summed E-state index contributed by atoms with van der Waals surface area (Å²) in [5.41, 5.74) is 0. The number of nitrogens with zero attached hydrogens (tertiary/aromatic N) is 2. The van der Waals surface area contributed by atoms with E-state index in [1.54, 1.807) is 6.92 Å². The summed E-state index contributed by atoms with van der Waals surface area (Å²) in [7, 11) is 0. The zero-order chi connectivity index (χ0) is 11.8. The smallest absolute Gasteiger partial charge is 0.252 e. The van der Waals surface area contributed by atoms with Gasteiger partial charge in [-0.05, 0) is 19.1 Å². The summed E-state index contributed by atoms with van der Waals surface area (Å²) in [5.74, 6) is -0.556. The first-order chi connectivity index (χ1) is 7.02.